The fourth-order valence-electron chi connectivity index (χ4n) is 2.02. The number of halogens is 4. The minimum absolute atomic E-state index is 0.267. The number of hydrogen-bond acceptors (Lipinski definition) is 4. The van der Waals surface area contributed by atoms with Crippen molar-refractivity contribution in [3.05, 3.63) is 23.2 Å². The number of urea groups is 1. The number of hydrazine groups is 1. The van der Waals surface area contributed by atoms with Crippen LogP contribution in [0.5, 0.6) is 5.75 Å². The van der Waals surface area contributed by atoms with Gasteiger partial charge in [-0.1, -0.05) is 53.3 Å². The second-order valence-corrected chi connectivity index (χ2v) is 8.88. The Balaban J connectivity index is 2.28. The molecule has 5 nitrogen and oxygen atoms in total. The third-order valence-electron chi connectivity index (χ3n) is 2.95. The first-order chi connectivity index (χ1) is 10.3. The fraction of sp³-hybridized carbons (Fsp3) is 0.417. The first-order valence-corrected chi connectivity index (χ1v) is 8.54. The average Bonchev–Trinajstić information content (AvgIpc) is 2.73. The van der Waals surface area contributed by atoms with Crippen molar-refractivity contribution in [2.75, 3.05) is 12.0 Å². The molecule has 10 heteroatoms. The molecule has 1 aromatic rings. The molecule has 0 saturated carbocycles. The predicted octanol–water partition coefficient (Wildman–Crippen LogP) is 4.81. The number of nitrogens with one attached hydrogen (secondary N) is 1. The van der Waals surface area contributed by atoms with Gasteiger partial charge in [-0.2, -0.15) is 9.84 Å². The molecule has 2 amide bonds. The molecule has 0 radical (unpaired) electrons. The first kappa shape index (κ1) is 18.1. The Morgan fingerprint density at radius 3 is 2.59 bits per heavy atom. The topological polar surface area (TPSA) is 44.8 Å². The fourth-order valence-corrected chi connectivity index (χ4v) is 3.44. The van der Waals surface area contributed by atoms with Gasteiger partial charge in [0.05, 0.1) is 12.1 Å². The Labute approximate surface area is 152 Å². The summed E-state index contributed by atoms with van der Waals surface area (Å²) in [6.07, 6.45) is 0.392. The Morgan fingerprint density at radius 1 is 1.41 bits per heavy atom. The van der Waals surface area contributed by atoms with Crippen LogP contribution in [-0.2, 0) is 0 Å². The van der Waals surface area contributed by atoms with Crippen molar-refractivity contribution >= 4 is 70.1 Å². The van der Waals surface area contributed by atoms with Crippen LogP contribution in [0.3, 0.4) is 0 Å². The number of methoxy groups -OCH3 is 1. The molecule has 0 bridgehead atoms. The minimum Gasteiger partial charge on any atom is -0.495 e. The van der Waals surface area contributed by atoms with Crippen molar-refractivity contribution in [1.29, 1.82) is 0 Å². The number of benzene rings is 1. The van der Waals surface area contributed by atoms with Gasteiger partial charge in [0, 0.05) is 17.6 Å². The van der Waals surface area contributed by atoms with Gasteiger partial charge in [-0.3, -0.25) is 4.90 Å². The van der Waals surface area contributed by atoms with E-state index in [1.54, 1.807) is 23.1 Å². The molecular formula is C12H13Cl4N3O2S. The zero-order chi connectivity index (χ0) is 16.5. The van der Waals surface area contributed by atoms with E-state index in [2.05, 4.69) is 5.43 Å². The lowest BCUT2D eigenvalue weighted by molar-refractivity contribution is 0.236. The van der Waals surface area contributed by atoms with Gasteiger partial charge in [0.1, 0.15) is 11.9 Å². The molecule has 1 N–H and O–H groups in total. The predicted molar refractivity (Wildman–Crippen MR) is 92.8 cm³/mol. The number of hydrogen-bond donors (Lipinski definition) is 1. The van der Waals surface area contributed by atoms with E-state index in [0.717, 1.165) is 11.9 Å². The normalized spacial score (nSPS) is 19.0. The van der Waals surface area contributed by atoms with Gasteiger partial charge in [0.25, 0.3) is 3.12 Å². The van der Waals surface area contributed by atoms with Crippen LogP contribution in [0, 0.1) is 0 Å². The van der Waals surface area contributed by atoms with E-state index in [0.29, 0.717) is 22.9 Å². The molecule has 1 atom stereocenters. The maximum Gasteiger partial charge on any atom is 0.350 e. The van der Waals surface area contributed by atoms with Crippen LogP contribution in [-0.4, -0.2) is 26.8 Å². The molecule has 122 valence electrons. The summed E-state index contributed by atoms with van der Waals surface area (Å²) in [4.78, 5) is 14.1. The van der Waals surface area contributed by atoms with Crippen molar-refractivity contribution in [1.82, 2.24) is 9.84 Å². The van der Waals surface area contributed by atoms with Crippen molar-refractivity contribution in [3.63, 3.8) is 0 Å². The highest BCUT2D eigenvalue weighted by Gasteiger charge is 2.41. The van der Waals surface area contributed by atoms with Gasteiger partial charge in [0.2, 0.25) is 0 Å². The standard InChI is InChI=1S/C12H13Cl4N3O2S/c1-3-10-17-19(22-12(14,15)16)11(20)18(10)7-4-5-9(21-2)8(13)6-7/h4-6,10,17H,3H2,1-2H3. The van der Waals surface area contributed by atoms with Crippen LogP contribution in [0.25, 0.3) is 0 Å². The van der Waals surface area contributed by atoms with Gasteiger partial charge < -0.3 is 4.74 Å². The third kappa shape index (κ3) is 3.99. The van der Waals surface area contributed by atoms with Crippen LogP contribution in [0.4, 0.5) is 10.5 Å². The third-order valence-corrected chi connectivity index (χ3v) is 4.52. The molecule has 0 aromatic heterocycles. The summed E-state index contributed by atoms with van der Waals surface area (Å²) in [5.74, 6) is 0.533. The molecule has 1 saturated heterocycles. The van der Waals surface area contributed by atoms with E-state index in [-0.39, 0.29) is 12.2 Å². The SMILES string of the molecule is CCC1NN(SC(Cl)(Cl)Cl)C(=O)N1c1ccc(OC)c(Cl)c1. The van der Waals surface area contributed by atoms with Crippen molar-refractivity contribution < 1.29 is 9.53 Å². The molecule has 1 aromatic carbocycles. The van der Waals surface area contributed by atoms with E-state index >= 15 is 0 Å². The Bertz CT molecular complexity index is 570. The van der Waals surface area contributed by atoms with E-state index in [1.807, 2.05) is 6.92 Å². The van der Waals surface area contributed by atoms with Crippen molar-refractivity contribution in [3.8, 4) is 5.75 Å². The highest BCUT2D eigenvalue weighted by atomic mass is 35.6. The lowest BCUT2D eigenvalue weighted by atomic mass is 10.2. The van der Waals surface area contributed by atoms with Gasteiger partial charge in [-0.25, -0.2) is 4.79 Å². The number of anilines is 1. The smallest absolute Gasteiger partial charge is 0.350 e. The summed E-state index contributed by atoms with van der Waals surface area (Å²) < 4.78 is 4.68. The zero-order valence-corrected chi connectivity index (χ0v) is 15.5. The number of amides is 2. The number of carbonyl (C=O) groups excluding carboxylic acids is 1. The number of rotatable bonds is 4. The molecule has 1 aliphatic rings. The summed E-state index contributed by atoms with van der Waals surface area (Å²) in [5, 5.41) is 0.412. The Hall–Kier alpha value is -0.240. The monoisotopic (exact) mass is 403 g/mol. The summed E-state index contributed by atoms with van der Waals surface area (Å²) in [6, 6.07) is 4.76. The van der Waals surface area contributed by atoms with Crippen LogP contribution < -0.4 is 15.1 Å². The summed E-state index contributed by atoms with van der Waals surface area (Å²) in [6.45, 7) is 1.94. The van der Waals surface area contributed by atoms with E-state index in [1.165, 1.54) is 11.5 Å². The summed E-state index contributed by atoms with van der Waals surface area (Å²) >= 11 is 24.1. The van der Waals surface area contributed by atoms with E-state index in [4.69, 9.17) is 51.1 Å². The molecule has 1 fully saturated rings. The molecular weight excluding hydrogens is 392 g/mol. The van der Waals surface area contributed by atoms with E-state index < -0.39 is 3.12 Å². The lowest BCUT2D eigenvalue weighted by Gasteiger charge is -2.21. The van der Waals surface area contributed by atoms with Crippen LogP contribution in [0.15, 0.2) is 18.2 Å². The zero-order valence-electron chi connectivity index (χ0n) is 11.6. The number of nitrogens with zero attached hydrogens (tertiary/aromatic N) is 2. The molecule has 2 rings (SSSR count). The quantitative estimate of drug-likeness (QED) is 0.577. The van der Waals surface area contributed by atoms with Crippen LogP contribution in [0.1, 0.15) is 13.3 Å². The molecule has 1 heterocycles. The number of ether oxygens (including phenoxy) is 1. The second kappa shape index (κ2) is 7.11. The lowest BCUT2D eigenvalue weighted by Crippen LogP contribution is -2.36. The molecule has 1 aliphatic heterocycles. The van der Waals surface area contributed by atoms with E-state index in [9.17, 15) is 4.79 Å². The largest absolute Gasteiger partial charge is 0.495 e. The highest BCUT2D eigenvalue weighted by Crippen LogP contribution is 2.43. The van der Waals surface area contributed by atoms with Gasteiger partial charge in [0.15, 0.2) is 0 Å². The van der Waals surface area contributed by atoms with Gasteiger partial charge in [-0.15, -0.1) is 0 Å². The maximum atomic E-state index is 12.5. The molecule has 0 aliphatic carbocycles. The maximum absolute atomic E-state index is 12.5. The average molecular weight is 405 g/mol. The number of carbonyl (C=O) groups is 1. The highest BCUT2D eigenvalue weighted by molar-refractivity contribution is 8.03. The Kier molecular flexibility index (Phi) is 5.85. The van der Waals surface area contributed by atoms with Gasteiger partial charge in [-0.05, 0) is 24.6 Å². The molecule has 22 heavy (non-hydrogen) atoms. The summed E-state index contributed by atoms with van der Waals surface area (Å²) in [7, 11) is 1.53. The number of alkyl halides is 3. The molecule has 0 spiro atoms. The van der Waals surface area contributed by atoms with Crippen LogP contribution in [0.2, 0.25) is 5.02 Å². The van der Waals surface area contributed by atoms with Crippen molar-refractivity contribution in [2.45, 2.75) is 22.6 Å². The van der Waals surface area contributed by atoms with Crippen molar-refractivity contribution in [2.24, 2.45) is 0 Å². The van der Waals surface area contributed by atoms with Gasteiger partial charge >= 0.3 is 6.03 Å². The molecule has 1 unspecified atom stereocenters. The first-order valence-electron chi connectivity index (χ1n) is 6.25. The minimum atomic E-state index is -1.64. The second-order valence-electron chi connectivity index (χ2n) is 4.36. The Morgan fingerprint density at radius 2 is 2.09 bits per heavy atom. The van der Waals surface area contributed by atoms with Crippen LogP contribution >= 0.6 is 58.4 Å². The summed E-state index contributed by atoms with van der Waals surface area (Å²) in [5.41, 5.74) is 3.62.